The number of carbonyl (C=O) groups excluding carboxylic acids is 1. The van der Waals surface area contributed by atoms with Crippen molar-refractivity contribution >= 4 is 39.1 Å². The molecular weight excluding hydrogens is 422 g/mol. The number of amides is 1. The monoisotopic (exact) mass is 437 g/mol. The van der Waals surface area contributed by atoms with Crippen molar-refractivity contribution in [2.75, 3.05) is 31.8 Å². The maximum atomic E-state index is 13.3. The summed E-state index contributed by atoms with van der Waals surface area (Å²) in [6.07, 6.45) is 1.66. The van der Waals surface area contributed by atoms with E-state index in [1.807, 2.05) is 6.07 Å². The predicted octanol–water partition coefficient (Wildman–Crippen LogP) is 4.48. The molecule has 4 rings (SSSR count). The molecular formula is C19H17BrClNO4. The van der Waals surface area contributed by atoms with Gasteiger partial charge in [-0.15, -0.1) is 0 Å². The van der Waals surface area contributed by atoms with Gasteiger partial charge in [-0.2, -0.15) is 0 Å². The molecule has 0 spiro atoms. The SMILES string of the molecule is COc1ccc(Cl)c2c1N(C(=O)c1cc(Br)c3c(c1)OCCO3)CCC2. The second-order valence-electron chi connectivity index (χ2n) is 6.12. The molecule has 2 aliphatic heterocycles. The molecule has 2 aliphatic rings. The Hall–Kier alpha value is -1.92. The Balaban J connectivity index is 1.77. The number of benzene rings is 2. The lowest BCUT2D eigenvalue weighted by molar-refractivity contribution is 0.0983. The van der Waals surface area contributed by atoms with E-state index in [1.54, 1.807) is 30.2 Å². The fourth-order valence-corrected chi connectivity index (χ4v) is 4.21. The van der Waals surface area contributed by atoms with E-state index in [4.69, 9.17) is 25.8 Å². The summed E-state index contributed by atoms with van der Waals surface area (Å²) in [7, 11) is 1.60. The zero-order chi connectivity index (χ0) is 18.3. The van der Waals surface area contributed by atoms with Gasteiger partial charge in [-0.3, -0.25) is 4.79 Å². The maximum Gasteiger partial charge on any atom is 0.258 e. The van der Waals surface area contributed by atoms with Crippen molar-refractivity contribution in [2.24, 2.45) is 0 Å². The van der Waals surface area contributed by atoms with Crippen LogP contribution in [0.4, 0.5) is 5.69 Å². The van der Waals surface area contributed by atoms with Gasteiger partial charge in [-0.05, 0) is 58.6 Å². The number of hydrogen-bond acceptors (Lipinski definition) is 4. The minimum absolute atomic E-state index is 0.121. The number of halogens is 2. The van der Waals surface area contributed by atoms with Crippen LogP contribution in [0.5, 0.6) is 17.2 Å². The van der Waals surface area contributed by atoms with Crippen LogP contribution in [0.1, 0.15) is 22.3 Å². The molecule has 0 N–H and O–H groups in total. The van der Waals surface area contributed by atoms with E-state index in [-0.39, 0.29) is 5.91 Å². The third-order valence-corrected chi connectivity index (χ3v) is 5.52. The lowest BCUT2D eigenvalue weighted by Crippen LogP contribution is -2.36. The maximum absolute atomic E-state index is 13.3. The number of anilines is 1. The Labute approximate surface area is 164 Å². The van der Waals surface area contributed by atoms with Crippen molar-refractivity contribution in [3.8, 4) is 17.2 Å². The van der Waals surface area contributed by atoms with Crippen molar-refractivity contribution in [3.05, 3.63) is 44.9 Å². The molecule has 2 aromatic rings. The first-order valence-corrected chi connectivity index (χ1v) is 9.53. The van der Waals surface area contributed by atoms with Crippen molar-refractivity contribution < 1.29 is 19.0 Å². The van der Waals surface area contributed by atoms with E-state index in [1.165, 1.54) is 0 Å². The van der Waals surface area contributed by atoms with Crippen LogP contribution >= 0.6 is 27.5 Å². The van der Waals surface area contributed by atoms with Crippen molar-refractivity contribution in [1.29, 1.82) is 0 Å². The Kier molecular flexibility index (Phi) is 4.71. The molecule has 0 saturated heterocycles. The van der Waals surface area contributed by atoms with Gasteiger partial charge in [0.1, 0.15) is 19.0 Å². The minimum Gasteiger partial charge on any atom is -0.495 e. The third kappa shape index (κ3) is 2.91. The summed E-state index contributed by atoms with van der Waals surface area (Å²) in [5.41, 5.74) is 2.22. The summed E-state index contributed by atoms with van der Waals surface area (Å²) >= 11 is 9.84. The molecule has 7 heteroatoms. The first-order valence-electron chi connectivity index (χ1n) is 8.36. The zero-order valence-electron chi connectivity index (χ0n) is 14.2. The van der Waals surface area contributed by atoms with Gasteiger partial charge >= 0.3 is 0 Å². The minimum atomic E-state index is -0.121. The molecule has 0 saturated carbocycles. The van der Waals surface area contributed by atoms with E-state index in [9.17, 15) is 4.79 Å². The number of rotatable bonds is 2. The summed E-state index contributed by atoms with van der Waals surface area (Å²) in [5.74, 6) is 1.73. The molecule has 1 amide bonds. The fraction of sp³-hybridized carbons (Fsp3) is 0.316. The van der Waals surface area contributed by atoms with E-state index in [0.717, 1.165) is 24.1 Å². The van der Waals surface area contributed by atoms with Gasteiger partial charge in [-0.25, -0.2) is 0 Å². The number of hydrogen-bond donors (Lipinski definition) is 0. The number of fused-ring (bicyclic) bond motifs is 2. The highest BCUT2D eigenvalue weighted by Gasteiger charge is 2.30. The van der Waals surface area contributed by atoms with Gasteiger partial charge in [0.05, 0.1) is 17.3 Å². The Morgan fingerprint density at radius 1 is 1.27 bits per heavy atom. The summed E-state index contributed by atoms with van der Waals surface area (Å²) in [5, 5.41) is 0.654. The molecule has 0 atom stereocenters. The van der Waals surface area contributed by atoms with Crippen LogP contribution < -0.4 is 19.1 Å². The van der Waals surface area contributed by atoms with Gasteiger partial charge in [-0.1, -0.05) is 11.6 Å². The van der Waals surface area contributed by atoms with Crippen LogP contribution in [0.2, 0.25) is 5.02 Å². The van der Waals surface area contributed by atoms with Gasteiger partial charge in [0.2, 0.25) is 0 Å². The number of nitrogens with zero attached hydrogens (tertiary/aromatic N) is 1. The standard InChI is InChI=1S/C19H17BrClNO4/c1-24-15-5-4-14(21)12-3-2-6-22(17(12)15)19(23)11-9-13(20)18-16(10-11)25-7-8-26-18/h4-5,9-10H,2-3,6-8H2,1H3. The highest BCUT2D eigenvalue weighted by molar-refractivity contribution is 9.10. The summed E-state index contributed by atoms with van der Waals surface area (Å²) in [4.78, 5) is 15.0. The highest BCUT2D eigenvalue weighted by atomic mass is 79.9. The van der Waals surface area contributed by atoms with Crippen LogP contribution in [0, 0.1) is 0 Å². The first kappa shape index (κ1) is 17.5. The number of methoxy groups -OCH3 is 1. The van der Waals surface area contributed by atoms with Crippen molar-refractivity contribution in [3.63, 3.8) is 0 Å². The molecule has 0 radical (unpaired) electrons. The topological polar surface area (TPSA) is 48.0 Å². The molecule has 0 bridgehead atoms. The smallest absolute Gasteiger partial charge is 0.258 e. The number of ether oxygens (including phenoxy) is 3. The summed E-state index contributed by atoms with van der Waals surface area (Å²) in [6, 6.07) is 7.11. The summed E-state index contributed by atoms with van der Waals surface area (Å²) < 4.78 is 17.4. The molecule has 136 valence electrons. The molecule has 0 aliphatic carbocycles. The normalized spacial score (nSPS) is 15.4. The Bertz CT molecular complexity index is 886. The second-order valence-corrected chi connectivity index (χ2v) is 7.38. The molecule has 2 aromatic carbocycles. The Morgan fingerprint density at radius 2 is 2.08 bits per heavy atom. The molecule has 0 unspecified atom stereocenters. The molecule has 0 aromatic heterocycles. The summed E-state index contributed by atoms with van der Waals surface area (Å²) in [6.45, 7) is 1.57. The average molecular weight is 439 g/mol. The fourth-order valence-electron chi connectivity index (χ4n) is 3.41. The van der Waals surface area contributed by atoms with Crippen LogP contribution in [0.15, 0.2) is 28.7 Å². The van der Waals surface area contributed by atoms with Gasteiger partial charge in [0.15, 0.2) is 11.5 Å². The lowest BCUT2D eigenvalue weighted by Gasteiger charge is -2.32. The van der Waals surface area contributed by atoms with E-state index < -0.39 is 0 Å². The molecule has 26 heavy (non-hydrogen) atoms. The van der Waals surface area contributed by atoms with Gasteiger partial charge in [0, 0.05) is 17.1 Å². The Morgan fingerprint density at radius 3 is 2.88 bits per heavy atom. The van der Waals surface area contributed by atoms with E-state index in [0.29, 0.717) is 52.1 Å². The molecule has 5 nitrogen and oxygen atoms in total. The van der Waals surface area contributed by atoms with Crippen LogP contribution in [0.3, 0.4) is 0 Å². The zero-order valence-corrected chi connectivity index (χ0v) is 16.5. The molecule has 0 fully saturated rings. The average Bonchev–Trinajstić information content (AvgIpc) is 2.67. The predicted molar refractivity (Wildman–Crippen MR) is 103 cm³/mol. The lowest BCUT2D eigenvalue weighted by atomic mass is 9.99. The van der Waals surface area contributed by atoms with Crippen LogP contribution in [-0.2, 0) is 6.42 Å². The number of carbonyl (C=O) groups is 1. The highest BCUT2D eigenvalue weighted by Crippen LogP contribution is 2.42. The van der Waals surface area contributed by atoms with Crippen molar-refractivity contribution in [2.45, 2.75) is 12.8 Å². The van der Waals surface area contributed by atoms with Gasteiger partial charge in [0.25, 0.3) is 5.91 Å². The van der Waals surface area contributed by atoms with Crippen LogP contribution in [-0.4, -0.2) is 32.8 Å². The molecule has 2 heterocycles. The quantitative estimate of drug-likeness (QED) is 0.694. The third-order valence-electron chi connectivity index (χ3n) is 4.58. The van der Waals surface area contributed by atoms with Crippen LogP contribution in [0.25, 0.3) is 0 Å². The second kappa shape index (κ2) is 7.00. The van der Waals surface area contributed by atoms with E-state index in [2.05, 4.69) is 15.9 Å². The van der Waals surface area contributed by atoms with Gasteiger partial charge < -0.3 is 19.1 Å². The first-order chi connectivity index (χ1) is 12.6. The van der Waals surface area contributed by atoms with Crippen molar-refractivity contribution in [1.82, 2.24) is 0 Å². The van der Waals surface area contributed by atoms with E-state index >= 15 is 0 Å². The largest absolute Gasteiger partial charge is 0.495 e.